The van der Waals surface area contributed by atoms with Gasteiger partial charge in [0.05, 0.1) is 36.4 Å². The normalized spacial score (nSPS) is 12.5. The van der Waals surface area contributed by atoms with E-state index in [0.717, 1.165) is 23.4 Å². The van der Waals surface area contributed by atoms with E-state index in [0.29, 0.717) is 0 Å². The molecular formula is C26H31ClN8O11S2. The van der Waals surface area contributed by atoms with Gasteiger partial charge in [-0.15, -0.1) is 16.9 Å². The number of carboxylic acid groups (broad SMARTS) is 2. The molecule has 22 heteroatoms. The van der Waals surface area contributed by atoms with Crippen molar-refractivity contribution in [1.82, 2.24) is 30.2 Å². The lowest BCUT2D eigenvalue weighted by atomic mass is 10.1. The molecule has 0 spiro atoms. The van der Waals surface area contributed by atoms with Gasteiger partial charge < -0.3 is 36.1 Å². The number of ether oxygens (including phenoxy) is 2. The Kier molecular flexibility index (Phi) is 13.3. The number of nitrogens with zero attached hydrogens (tertiary/aromatic N) is 4. The summed E-state index contributed by atoms with van der Waals surface area (Å²) in [7, 11) is -3.44. The molecule has 2 heterocycles. The Morgan fingerprint density at radius 2 is 1.88 bits per heavy atom. The predicted molar refractivity (Wildman–Crippen MR) is 168 cm³/mol. The number of amides is 2. The number of carboxylic acids is 2. The Balaban J connectivity index is 1.89. The first-order chi connectivity index (χ1) is 22.7. The molecule has 0 saturated heterocycles. The molecule has 2 amide bonds. The molecule has 0 unspecified atom stereocenters. The molecule has 0 bridgehead atoms. The van der Waals surface area contributed by atoms with E-state index in [1.54, 1.807) is 6.92 Å². The summed E-state index contributed by atoms with van der Waals surface area (Å²) in [6, 6.07) is 2.72. The molecule has 0 aliphatic rings. The van der Waals surface area contributed by atoms with Crippen LogP contribution < -0.4 is 25.8 Å². The Morgan fingerprint density at radius 1 is 1.15 bits per heavy atom. The highest BCUT2D eigenvalue weighted by atomic mass is 35.5. The van der Waals surface area contributed by atoms with Crippen LogP contribution in [0.5, 0.6) is 6.01 Å². The fourth-order valence-electron chi connectivity index (χ4n) is 3.77. The van der Waals surface area contributed by atoms with E-state index in [4.69, 9.17) is 37.0 Å². The first-order valence-corrected chi connectivity index (χ1v) is 16.7. The van der Waals surface area contributed by atoms with Gasteiger partial charge in [0.2, 0.25) is 11.8 Å². The van der Waals surface area contributed by atoms with Crippen molar-refractivity contribution in [3.05, 3.63) is 34.9 Å². The molecular weight excluding hydrogens is 700 g/mol. The molecule has 3 aromatic rings. The van der Waals surface area contributed by atoms with E-state index < -0.39 is 57.0 Å². The lowest BCUT2D eigenvalue weighted by Gasteiger charge is -2.18. The standard InChI is InChI=1S/C26H31ClN8O11S2/c1-3-46-26-32-19(47-12-16(22(39)29-10-9-20(37)38)30-18(36)8-7-15(28)23(40)41)11-17-31-25(33-35(17)26)48(43,44)34-21-13(24(42)45-2)5-4-6-14(21)27/h4-6,11,15-16,34H,3,7-10,12,28H2,1-2H3,(H,29,39)(H,30,36)(H,37,38)(H,40,41)/t15-,16+/m1/s1. The van der Waals surface area contributed by atoms with Crippen LogP contribution in [-0.2, 0) is 33.9 Å². The summed E-state index contributed by atoms with van der Waals surface area (Å²) in [5.41, 5.74) is 4.98. The highest BCUT2D eigenvalue weighted by Gasteiger charge is 2.27. The third kappa shape index (κ3) is 10.1. The molecule has 48 heavy (non-hydrogen) atoms. The van der Waals surface area contributed by atoms with Crippen molar-refractivity contribution in [2.75, 3.05) is 30.7 Å². The van der Waals surface area contributed by atoms with Crippen molar-refractivity contribution in [3.63, 3.8) is 0 Å². The number of aliphatic carboxylic acids is 2. The van der Waals surface area contributed by atoms with Crippen molar-refractivity contribution in [2.24, 2.45) is 5.73 Å². The van der Waals surface area contributed by atoms with Gasteiger partial charge in [0, 0.05) is 24.8 Å². The highest BCUT2D eigenvalue weighted by Crippen LogP contribution is 2.29. The van der Waals surface area contributed by atoms with Crippen LogP contribution in [0.25, 0.3) is 5.65 Å². The number of para-hydroxylation sites is 1. The first-order valence-electron chi connectivity index (χ1n) is 13.9. The second kappa shape index (κ2) is 16.9. The smallest absolute Gasteiger partial charge is 0.340 e. The molecule has 0 fully saturated rings. The Morgan fingerprint density at radius 3 is 2.52 bits per heavy atom. The number of carbonyl (C=O) groups excluding carboxylic acids is 3. The van der Waals surface area contributed by atoms with Crippen LogP contribution in [0.3, 0.4) is 0 Å². The van der Waals surface area contributed by atoms with Gasteiger partial charge in [-0.1, -0.05) is 17.7 Å². The molecule has 3 rings (SSSR count). The zero-order chi connectivity index (χ0) is 35.6. The number of rotatable bonds is 18. The third-order valence-corrected chi connectivity index (χ3v) is 8.56. The van der Waals surface area contributed by atoms with Gasteiger partial charge in [0.1, 0.15) is 17.1 Å². The quantitative estimate of drug-likeness (QED) is 0.0576. The number of nitrogens with two attached hydrogens (primary N) is 1. The van der Waals surface area contributed by atoms with E-state index in [1.165, 1.54) is 24.3 Å². The minimum absolute atomic E-state index is 0.0437. The maximum Gasteiger partial charge on any atom is 0.340 e. The van der Waals surface area contributed by atoms with Crippen LogP contribution in [0.1, 0.15) is 36.5 Å². The van der Waals surface area contributed by atoms with Gasteiger partial charge in [0.25, 0.3) is 15.2 Å². The summed E-state index contributed by atoms with van der Waals surface area (Å²) in [5, 5.41) is 26.1. The SMILES string of the molecule is CCOc1nc(SC[C@H](NC(=O)CC[C@@H](N)C(=O)O)C(=O)NCCC(=O)O)cc2nc(S(=O)(=O)Nc3c(Cl)cccc3C(=O)OC)nn12. The molecule has 2 aromatic heterocycles. The number of thioether (sulfide) groups is 1. The average Bonchev–Trinajstić information content (AvgIpc) is 3.48. The number of hydrogen-bond donors (Lipinski definition) is 6. The zero-order valence-electron chi connectivity index (χ0n) is 25.3. The molecule has 0 saturated carbocycles. The van der Waals surface area contributed by atoms with Crippen LogP contribution in [-0.4, -0.2) is 106 Å². The van der Waals surface area contributed by atoms with Crippen LogP contribution in [0.4, 0.5) is 5.69 Å². The molecule has 0 radical (unpaired) electrons. The summed E-state index contributed by atoms with van der Waals surface area (Å²) >= 11 is 7.10. The number of esters is 1. The van der Waals surface area contributed by atoms with Crippen molar-refractivity contribution in [1.29, 1.82) is 0 Å². The number of nitrogens with one attached hydrogen (secondary N) is 3. The van der Waals surface area contributed by atoms with E-state index in [2.05, 4.69) is 30.4 Å². The Labute approximate surface area is 282 Å². The minimum Gasteiger partial charge on any atom is -0.481 e. The number of carbonyl (C=O) groups is 5. The predicted octanol–water partition coefficient (Wildman–Crippen LogP) is 0.124. The third-order valence-electron chi connectivity index (χ3n) is 6.11. The van der Waals surface area contributed by atoms with E-state index in [9.17, 15) is 32.4 Å². The number of benzene rings is 1. The van der Waals surface area contributed by atoms with Gasteiger partial charge in [0.15, 0.2) is 5.65 Å². The van der Waals surface area contributed by atoms with Gasteiger partial charge >= 0.3 is 23.9 Å². The number of halogens is 1. The topological polar surface area (TPSA) is 284 Å². The van der Waals surface area contributed by atoms with Crippen molar-refractivity contribution < 1.29 is 52.1 Å². The van der Waals surface area contributed by atoms with Gasteiger partial charge in [-0.25, -0.2) is 4.79 Å². The van der Waals surface area contributed by atoms with E-state index >= 15 is 0 Å². The summed E-state index contributed by atoms with van der Waals surface area (Å²) in [6.07, 6.45) is -0.891. The van der Waals surface area contributed by atoms with Crippen LogP contribution in [0, 0.1) is 0 Å². The maximum atomic E-state index is 13.3. The lowest BCUT2D eigenvalue weighted by molar-refractivity contribution is -0.139. The molecule has 0 aliphatic heterocycles. The largest absolute Gasteiger partial charge is 0.481 e. The van der Waals surface area contributed by atoms with Crippen molar-refractivity contribution >= 4 is 74.4 Å². The van der Waals surface area contributed by atoms with Gasteiger partial charge in [-0.3, -0.25) is 23.9 Å². The van der Waals surface area contributed by atoms with Crippen LogP contribution in [0.2, 0.25) is 5.02 Å². The van der Waals surface area contributed by atoms with E-state index in [1.807, 2.05) is 0 Å². The first kappa shape index (κ1) is 37.7. The maximum absolute atomic E-state index is 13.3. The van der Waals surface area contributed by atoms with E-state index in [-0.39, 0.29) is 71.1 Å². The van der Waals surface area contributed by atoms with Crippen LogP contribution >= 0.6 is 23.4 Å². The number of sulfonamides is 1. The second-order valence-corrected chi connectivity index (χ2v) is 12.6. The highest BCUT2D eigenvalue weighted by molar-refractivity contribution is 7.99. The summed E-state index contributed by atoms with van der Waals surface area (Å²) in [6.45, 7) is 1.49. The number of hydrogen-bond acceptors (Lipinski definition) is 14. The monoisotopic (exact) mass is 730 g/mol. The number of methoxy groups -OCH3 is 1. The number of anilines is 1. The van der Waals surface area contributed by atoms with Gasteiger partial charge in [-0.2, -0.15) is 22.9 Å². The molecule has 19 nitrogen and oxygen atoms in total. The summed E-state index contributed by atoms with van der Waals surface area (Å²) in [5.74, 6) is -4.88. The minimum atomic E-state index is -4.55. The summed E-state index contributed by atoms with van der Waals surface area (Å²) < 4.78 is 40.1. The number of fused-ring (bicyclic) bond motifs is 1. The Hall–Kier alpha value is -4.73. The summed E-state index contributed by atoms with van der Waals surface area (Å²) in [4.78, 5) is 67.8. The fraction of sp³-hybridized carbons (Fsp3) is 0.385. The molecule has 2 atom stereocenters. The zero-order valence-corrected chi connectivity index (χ0v) is 27.7. The van der Waals surface area contributed by atoms with Crippen LogP contribution in [0.15, 0.2) is 34.4 Å². The molecule has 260 valence electrons. The number of aromatic nitrogens is 4. The average molecular weight is 731 g/mol. The van der Waals surface area contributed by atoms with Gasteiger partial charge in [-0.05, 0) is 25.5 Å². The molecule has 0 aliphatic carbocycles. The van der Waals surface area contributed by atoms with Crippen molar-refractivity contribution in [3.8, 4) is 6.01 Å². The Bertz CT molecular complexity index is 1810. The lowest BCUT2D eigenvalue weighted by Crippen LogP contribution is -2.49. The fourth-order valence-corrected chi connectivity index (χ4v) is 5.93. The second-order valence-electron chi connectivity index (χ2n) is 9.58. The molecule has 7 N–H and O–H groups in total. The molecule has 1 aromatic carbocycles. The van der Waals surface area contributed by atoms with Crippen molar-refractivity contribution in [2.45, 2.75) is 48.5 Å².